The van der Waals surface area contributed by atoms with Gasteiger partial charge in [-0.1, -0.05) is 106 Å². The van der Waals surface area contributed by atoms with E-state index in [0.717, 1.165) is 23.7 Å². The lowest BCUT2D eigenvalue weighted by atomic mass is 9.41. The van der Waals surface area contributed by atoms with Crippen LogP contribution in [-0.4, -0.2) is 0 Å². The van der Waals surface area contributed by atoms with Gasteiger partial charge in [-0.3, -0.25) is 0 Å². The highest BCUT2D eigenvalue weighted by atomic mass is 32.2. The number of fused-ring (bicyclic) bond motifs is 3. The molecule has 252 valence electrons. The lowest BCUT2D eigenvalue weighted by Gasteiger charge is -2.63. The molecule has 1 aliphatic heterocycles. The van der Waals surface area contributed by atoms with E-state index in [2.05, 4.69) is 148 Å². The molecule has 11 rings (SSSR count). The summed E-state index contributed by atoms with van der Waals surface area (Å²) in [6.07, 6.45) is 9.53. The highest BCUT2D eigenvalue weighted by Gasteiger charge is 2.61. The minimum atomic E-state index is 0.125. The van der Waals surface area contributed by atoms with Crippen LogP contribution in [0, 0.1) is 23.7 Å². The lowest BCUT2D eigenvalue weighted by Crippen LogP contribution is -2.57. The summed E-state index contributed by atoms with van der Waals surface area (Å²) in [6.45, 7) is 9.70. The standard InChI is InChI=1S/C48H49NS/c1-46(2)23-24-47(3,4)42-30-38(21-22-40(42)46)49(36-11-6-5-7-12-36)37-19-17-33(18-20-37)39-13-10-16-44-45(39)48(41-14-8-9-15-43(41)50-44)34-26-31-25-32(28-34)29-35(48)27-31/h5-22,30-32,34-35H,23-29H2,1-4H3. The number of hydrogen-bond donors (Lipinski definition) is 0. The molecule has 0 amide bonds. The minimum absolute atomic E-state index is 0.125. The number of nitrogens with zero attached hydrogens (tertiary/aromatic N) is 1. The van der Waals surface area contributed by atoms with Crippen molar-refractivity contribution < 1.29 is 0 Å². The van der Waals surface area contributed by atoms with Gasteiger partial charge in [0.1, 0.15) is 0 Å². The maximum atomic E-state index is 2.51. The number of rotatable bonds is 4. The van der Waals surface area contributed by atoms with E-state index in [4.69, 9.17) is 0 Å². The molecule has 0 saturated heterocycles. The van der Waals surface area contributed by atoms with Gasteiger partial charge in [-0.15, -0.1) is 0 Å². The zero-order chi connectivity index (χ0) is 33.8. The third-order valence-electron chi connectivity index (χ3n) is 14.0. The van der Waals surface area contributed by atoms with Gasteiger partial charge in [0, 0.05) is 32.3 Å². The van der Waals surface area contributed by atoms with Crippen LogP contribution in [0.5, 0.6) is 0 Å². The van der Waals surface area contributed by atoms with Crippen molar-refractivity contribution in [3.63, 3.8) is 0 Å². The molecule has 5 aliphatic carbocycles. The van der Waals surface area contributed by atoms with Crippen LogP contribution in [0.4, 0.5) is 17.1 Å². The first kappa shape index (κ1) is 31.0. The Morgan fingerprint density at radius 3 is 1.84 bits per heavy atom. The van der Waals surface area contributed by atoms with Crippen molar-refractivity contribution in [2.24, 2.45) is 23.7 Å². The van der Waals surface area contributed by atoms with E-state index >= 15 is 0 Å². The maximum absolute atomic E-state index is 2.51. The van der Waals surface area contributed by atoms with E-state index in [1.165, 1.54) is 94.1 Å². The summed E-state index contributed by atoms with van der Waals surface area (Å²) in [4.78, 5) is 5.45. The first-order valence-corrected chi connectivity index (χ1v) is 20.1. The summed E-state index contributed by atoms with van der Waals surface area (Å²) >= 11 is 2.01. The molecular formula is C48H49NS. The summed E-state index contributed by atoms with van der Waals surface area (Å²) in [6, 6.07) is 44.5. The molecule has 5 aromatic carbocycles. The minimum Gasteiger partial charge on any atom is -0.310 e. The normalized spacial score (nSPS) is 27.8. The Labute approximate surface area is 303 Å². The SMILES string of the molecule is CC1(C)CCC(C)(C)c2cc(N(c3ccccc3)c3ccc(-c4cccc5c4C4(c6ccccc6S5)C5CC6CC(C5)CC4C6)cc3)ccc21. The molecule has 0 aromatic heterocycles. The molecule has 4 bridgehead atoms. The van der Waals surface area contributed by atoms with E-state index in [0.29, 0.717) is 0 Å². The monoisotopic (exact) mass is 671 g/mol. The van der Waals surface area contributed by atoms with Gasteiger partial charge in [0.25, 0.3) is 0 Å². The Morgan fingerprint density at radius 1 is 0.520 bits per heavy atom. The smallest absolute Gasteiger partial charge is 0.0464 e. The third kappa shape index (κ3) is 4.52. The van der Waals surface area contributed by atoms with Gasteiger partial charge in [-0.25, -0.2) is 0 Å². The first-order chi connectivity index (χ1) is 24.2. The van der Waals surface area contributed by atoms with Gasteiger partial charge in [-0.2, -0.15) is 0 Å². The topological polar surface area (TPSA) is 3.24 Å². The van der Waals surface area contributed by atoms with Crippen molar-refractivity contribution in [3.8, 4) is 11.1 Å². The fourth-order valence-electron chi connectivity index (χ4n) is 11.7. The lowest BCUT2D eigenvalue weighted by molar-refractivity contribution is -0.0441. The van der Waals surface area contributed by atoms with E-state index in [1.54, 1.807) is 11.1 Å². The molecule has 6 aliphatic rings. The van der Waals surface area contributed by atoms with Crippen LogP contribution in [0.1, 0.15) is 94.9 Å². The molecule has 5 aromatic rings. The van der Waals surface area contributed by atoms with Gasteiger partial charge >= 0.3 is 0 Å². The summed E-state index contributed by atoms with van der Waals surface area (Å²) in [5, 5.41) is 0. The van der Waals surface area contributed by atoms with Crippen LogP contribution in [0.25, 0.3) is 11.1 Å². The molecule has 0 radical (unpaired) electrons. The zero-order valence-corrected chi connectivity index (χ0v) is 30.9. The fraction of sp³-hybridized carbons (Fsp3) is 0.375. The third-order valence-corrected chi connectivity index (χ3v) is 15.1. The van der Waals surface area contributed by atoms with Crippen molar-refractivity contribution in [1.29, 1.82) is 0 Å². The molecule has 2 heteroatoms. The quantitative estimate of drug-likeness (QED) is 0.187. The molecule has 0 unspecified atom stereocenters. The summed E-state index contributed by atoms with van der Waals surface area (Å²) in [5.41, 5.74) is 13.2. The second-order valence-corrected chi connectivity index (χ2v) is 18.7. The van der Waals surface area contributed by atoms with Gasteiger partial charge in [0.05, 0.1) is 0 Å². The molecule has 0 atom stereocenters. The fourth-order valence-corrected chi connectivity index (χ4v) is 13.0. The van der Waals surface area contributed by atoms with E-state index in [1.807, 2.05) is 11.8 Å². The van der Waals surface area contributed by atoms with Crippen molar-refractivity contribution in [3.05, 3.63) is 138 Å². The molecule has 50 heavy (non-hydrogen) atoms. The van der Waals surface area contributed by atoms with Crippen molar-refractivity contribution >= 4 is 28.8 Å². The van der Waals surface area contributed by atoms with Crippen molar-refractivity contribution in [2.75, 3.05) is 4.90 Å². The van der Waals surface area contributed by atoms with Crippen molar-refractivity contribution in [2.45, 2.75) is 98.7 Å². The van der Waals surface area contributed by atoms with Crippen LogP contribution in [0.15, 0.2) is 125 Å². The van der Waals surface area contributed by atoms with Crippen LogP contribution < -0.4 is 4.90 Å². The highest BCUT2D eigenvalue weighted by Crippen LogP contribution is 2.69. The van der Waals surface area contributed by atoms with E-state index in [9.17, 15) is 0 Å². The van der Waals surface area contributed by atoms with Crippen LogP contribution in [0.3, 0.4) is 0 Å². The molecule has 0 N–H and O–H groups in total. The first-order valence-electron chi connectivity index (χ1n) is 19.2. The van der Waals surface area contributed by atoms with Crippen LogP contribution in [0.2, 0.25) is 0 Å². The Hall–Kier alpha value is -3.75. The van der Waals surface area contributed by atoms with Gasteiger partial charge in [-0.05, 0) is 161 Å². The number of para-hydroxylation sites is 1. The molecule has 1 heterocycles. The molecule has 1 spiro atoms. The van der Waals surface area contributed by atoms with E-state index < -0.39 is 0 Å². The predicted molar refractivity (Wildman–Crippen MR) is 210 cm³/mol. The average molecular weight is 672 g/mol. The number of anilines is 3. The zero-order valence-electron chi connectivity index (χ0n) is 30.1. The Balaban J connectivity index is 1.10. The summed E-state index contributed by atoms with van der Waals surface area (Å²) < 4.78 is 0. The average Bonchev–Trinajstić information content (AvgIpc) is 3.12. The molecular weight excluding hydrogens is 623 g/mol. The predicted octanol–water partition coefficient (Wildman–Crippen LogP) is 13.4. The highest BCUT2D eigenvalue weighted by molar-refractivity contribution is 7.99. The van der Waals surface area contributed by atoms with Gasteiger partial charge in [0.15, 0.2) is 0 Å². The van der Waals surface area contributed by atoms with Gasteiger partial charge in [0.2, 0.25) is 0 Å². The molecule has 4 fully saturated rings. The Kier molecular flexibility index (Phi) is 6.90. The number of hydrogen-bond acceptors (Lipinski definition) is 2. The van der Waals surface area contributed by atoms with Crippen LogP contribution in [-0.2, 0) is 16.2 Å². The Morgan fingerprint density at radius 2 is 1.12 bits per heavy atom. The molecule has 1 nitrogen and oxygen atoms in total. The molecule has 4 saturated carbocycles. The van der Waals surface area contributed by atoms with Crippen LogP contribution >= 0.6 is 11.8 Å². The van der Waals surface area contributed by atoms with Crippen molar-refractivity contribution in [1.82, 2.24) is 0 Å². The second-order valence-electron chi connectivity index (χ2n) is 17.7. The summed E-state index contributed by atoms with van der Waals surface area (Å²) in [7, 11) is 0. The second kappa shape index (κ2) is 11.1. The largest absolute Gasteiger partial charge is 0.310 e. The maximum Gasteiger partial charge on any atom is 0.0464 e. The summed E-state index contributed by atoms with van der Waals surface area (Å²) in [5.74, 6) is 3.35. The Bertz CT molecular complexity index is 2080. The van der Waals surface area contributed by atoms with Gasteiger partial charge < -0.3 is 4.90 Å². The van der Waals surface area contributed by atoms with E-state index in [-0.39, 0.29) is 16.2 Å². The number of benzene rings is 5.